The van der Waals surface area contributed by atoms with Crippen LogP contribution in [0.4, 0.5) is 4.79 Å². The number of carbonyl (C=O) groups is 2. The molecule has 1 amide bonds. The average Bonchev–Trinajstić information content (AvgIpc) is 3.01. The van der Waals surface area contributed by atoms with Crippen molar-refractivity contribution >= 4 is 56.0 Å². The van der Waals surface area contributed by atoms with E-state index in [1.807, 2.05) is 30.9 Å². The van der Waals surface area contributed by atoms with E-state index >= 15 is 0 Å². The Morgan fingerprint density at radius 3 is 2.68 bits per heavy atom. The molecule has 1 aromatic heterocycles. The van der Waals surface area contributed by atoms with Gasteiger partial charge in [0.15, 0.2) is 5.56 Å². The van der Waals surface area contributed by atoms with Crippen molar-refractivity contribution in [1.29, 1.82) is 0 Å². The third-order valence-corrected chi connectivity index (χ3v) is 7.26. The van der Waals surface area contributed by atoms with Crippen molar-refractivity contribution in [2.75, 3.05) is 26.7 Å². The molecule has 2 heterocycles. The molecule has 6 nitrogen and oxygen atoms in total. The fraction of sp³-hybridized carbons (Fsp3) is 0.478. The summed E-state index contributed by atoms with van der Waals surface area (Å²) < 4.78 is 7.51. The van der Waals surface area contributed by atoms with Gasteiger partial charge in [0.25, 0.3) is 0 Å². The number of halogens is 2. The number of fused-ring (bicyclic) bond motifs is 2. The Balaban J connectivity index is 1.85. The molecule has 0 bridgehead atoms. The molecule has 0 N–H and O–H groups in total. The number of benzene rings is 1. The highest BCUT2D eigenvalue weighted by molar-refractivity contribution is 9.10. The highest BCUT2D eigenvalue weighted by Crippen LogP contribution is 2.45. The molecule has 0 saturated carbocycles. The van der Waals surface area contributed by atoms with Crippen LogP contribution in [0.15, 0.2) is 28.9 Å². The van der Waals surface area contributed by atoms with Crippen molar-refractivity contribution < 1.29 is 14.3 Å². The van der Waals surface area contributed by atoms with Gasteiger partial charge in [-0.25, -0.2) is 9.36 Å². The number of amides is 1. The first-order chi connectivity index (χ1) is 14.8. The van der Waals surface area contributed by atoms with E-state index in [1.165, 1.54) is 0 Å². The molecular weight excluding hydrogens is 482 g/mol. The van der Waals surface area contributed by atoms with Crippen LogP contribution in [-0.4, -0.2) is 64.7 Å². The van der Waals surface area contributed by atoms with E-state index in [-0.39, 0.29) is 17.9 Å². The lowest BCUT2D eigenvalue weighted by Crippen LogP contribution is -2.47. The summed E-state index contributed by atoms with van der Waals surface area (Å²) in [6, 6.07) is 6.09. The quantitative estimate of drug-likeness (QED) is 0.561. The monoisotopic (exact) mass is 507 g/mol. The Kier molecular flexibility index (Phi) is 6.21. The predicted octanol–water partition coefficient (Wildman–Crippen LogP) is 4.71. The first-order valence-corrected chi connectivity index (χ1v) is 11.9. The second-order valence-corrected chi connectivity index (χ2v) is 9.50. The molecule has 1 aliphatic carbocycles. The molecule has 2 aliphatic rings. The van der Waals surface area contributed by atoms with Crippen molar-refractivity contribution in [1.82, 2.24) is 14.4 Å². The summed E-state index contributed by atoms with van der Waals surface area (Å²) in [6.07, 6.45) is 2.39. The number of ether oxygens (including phenoxy) is 1. The van der Waals surface area contributed by atoms with Crippen LogP contribution in [0.2, 0.25) is 0 Å². The zero-order chi connectivity index (χ0) is 22.4. The lowest BCUT2D eigenvalue weighted by Gasteiger charge is -2.40. The number of hydrogen-bond acceptors (Lipinski definition) is 4. The number of likely N-dealkylation sites (N-methyl/N-ethyl adjacent to an activating group) is 1. The zero-order valence-electron chi connectivity index (χ0n) is 18.2. The van der Waals surface area contributed by atoms with Gasteiger partial charge >= 0.3 is 6.09 Å². The van der Waals surface area contributed by atoms with Gasteiger partial charge in [0.1, 0.15) is 0 Å². The molecule has 31 heavy (non-hydrogen) atoms. The van der Waals surface area contributed by atoms with Crippen LogP contribution in [-0.2, 0) is 16.0 Å². The van der Waals surface area contributed by atoms with Crippen molar-refractivity contribution in [3.05, 3.63) is 40.0 Å². The minimum Gasteiger partial charge on any atom is -0.429 e. The summed E-state index contributed by atoms with van der Waals surface area (Å²) in [5.74, 6) is -0.0141. The second kappa shape index (κ2) is 8.60. The number of alkyl halides is 1. The highest BCUT2D eigenvalue weighted by atomic mass is 79.9. The molecule has 0 spiro atoms. The second-order valence-electron chi connectivity index (χ2n) is 8.13. The molecule has 1 aliphatic heterocycles. The third kappa shape index (κ3) is 3.70. The predicted molar refractivity (Wildman–Crippen MR) is 126 cm³/mol. The van der Waals surface area contributed by atoms with E-state index in [9.17, 15) is 9.59 Å². The van der Waals surface area contributed by atoms with Gasteiger partial charge in [-0.3, -0.25) is 9.69 Å². The van der Waals surface area contributed by atoms with Crippen molar-refractivity contribution in [2.45, 2.75) is 38.8 Å². The maximum Gasteiger partial charge on any atom is 0.420 e. The number of carbonyl (C=O) groups excluding carboxylic acids is 2. The van der Waals surface area contributed by atoms with Crippen LogP contribution in [0.3, 0.4) is 0 Å². The van der Waals surface area contributed by atoms with Crippen molar-refractivity contribution in [3.8, 4) is 0 Å². The minimum absolute atomic E-state index is 0.147. The summed E-state index contributed by atoms with van der Waals surface area (Å²) in [4.78, 5) is 30.0. The van der Waals surface area contributed by atoms with Gasteiger partial charge in [-0.2, -0.15) is 0 Å². The van der Waals surface area contributed by atoms with E-state index in [0.717, 1.165) is 34.0 Å². The summed E-state index contributed by atoms with van der Waals surface area (Å²) in [5, 5.41) is 1.03. The fourth-order valence-corrected chi connectivity index (χ4v) is 5.66. The third-order valence-electron chi connectivity index (χ3n) is 6.33. The summed E-state index contributed by atoms with van der Waals surface area (Å²) in [5.41, 5.74) is 3.35. The molecule has 0 fully saturated rings. The van der Waals surface area contributed by atoms with Crippen molar-refractivity contribution in [3.63, 3.8) is 0 Å². The van der Waals surface area contributed by atoms with Crippen molar-refractivity contribution in [2.24, 2.45) is 5.92 Å². The van der Waals surface area contributed by atoms with Crippen LogP contribution in [0, 0.1) is 5.92 Å². The molecule has 0 saturated heterocycles. The maximum absolute atomic E-state index is 13.1. The average molecular weight is 509 g/mol. The maximum atomic E-state index is 13.1. The molecule has 2 aromatic rings. The Bertz CT molecular complexity index is 1070. The lowest BCUT2D eigenvalue weighted by atomic mass is 9.79. The standard InChI is InChI=1S/C23H27BrClN3O3/c1-5-27(6-2)22(29)14-10-16-15-8-7-9-18-20(15)17(11-19(16)26(4)12-14)21(24)28(18)23(30)31-13(3)25/h7-10,13-14,19H,5-6,11-12H2,1-4H3/t13?,14-,19-/m1/s1. The van der Waals surface area contributed by atoms with Gasteiger partial charge in [-0.15, -0.1) is 0 Å². The van der Waals surface area contributed by atoms with Gasteiger partial charge in [0.2, 0.25) is 5.91 Å². The van der Waals surface area contributed by atoms with Gasteiger partial charge < -0.3 is 9.64 Å². The molecule has 0 radical (unpaired) electrons. The van der Waals surface area contributed by atoms with Crippen LogP contribution < -0.4 is 0 Å². The Morgan fingerprint density at radius 1 is 1.32 bits per heavy atom. The van der Waals surface area contributed by atoms with Crippen LogP contribution in [0.5, 0.6) is 0 Å². The highest BCUT2D eigenvalue weighted by Gasteiger charge is 2.38. The first-order valence-electron chi connectivity index (χ1n) is 10.7. The number of hydrogen-bond donors (Lipinski definition) is 0. The molecule has 1 aromatic carbocycles. The zero-order valence-corrected chi connectivity index (χ0v) is 20.5. The van der Waals surface area contributed by atoms with E-state index in [1.54, 1.807) is 11.5 Å². The van der Waals surface area contributed by atoms with Crippen LogP contribution >= 0.6 is 27.5 Å². The van der Waals surface area contributed by atoms with Gasteiger partial charge in [0, 0.05) is 31.1 Å². The van der Waals surface area contributed by atoms with E-state index in [2.05, 4.69) is 40.0 Å². The Hall–Kier alpha value is -1.83. The molecular formula is C23H27BrClN3O3. The smallest absolute Gasteiger partial charge is 0.420 e. The van der Waals surface area contributed by atoms with Gasteiger partial charge in [0.05, 0.1) is 16.0 Å². The number of aromatic nitrogens is 1. The lowest BCUT2D eigenvalue weighted by molar-refractivity contribution is -0.134. The van der Waals surface area contributed by atoms with Gasteiger partial charge in [-0.05, 0) is 72.9 Å². The number of rotatable bonds is 4. The summed E-state index contributed by atoms with van der Waals surface area (Å²) in [7, 11) is 2.07. The minimum atomic E-state index is -0.725. The van der Waals surface area contributed by atoms with E-state index in [4.69, 9.17) is 16.3 Å². The topological polar surface area (TPSA) is 54.8 Å². The Morgan fingerprint density at radius 2 is 2.03 bits per heavy atom. The van der Waals surface area contributed by atoms with Gasteiger partial charge in [-0.1, -0.05) is 29.8 Å². The first kappa shape index (κ1) is 22.4. The molecule has 1 unspecified atom stereocenters. The molecule has 166 valence electrons. The number of nitrogens with zero attached hydrogens (tertiary/aromatic N) is 3. The van der Waals surface area contributed by atoms with Crippen LogP contribution in [0.25, 0.3) is 16.5 Å². The molecule has 8 heteroatoms. The fourth-order valence-electron chi connectivity index (χ4n) is 4.89. The Labute approximate surface area is 195 Å². The molecule has 3 atom stereocenters. The molecule has 4 rings (SSSR count). The van der Waals surface area contributed by atoms with Crippen LogP contribution in [0.1, 0.15) is 31.9 Å². The summed E-state index contributed by atoms with van der Waals surface area (Å²) >= 11 is 9.54. The van der Waals surface area contributed by atoms with E-state index < -0.39 is 11.7 Å². The summed E-state index contributed by atoms with van der Waals surface area (Å²) in [6.45, 7) is 7.73. The largest absolute Gasteiger partial charge is 0.429 e. The SMILES string of the molecule is CCN(CC)C(=O)[C@@H]1C=C2c3cccc4c3c(c(Br)n4C(=O)OC(C)Cl)C[C@H]2N(C)C1. The van der Waals surface area contributed by atoms with E-state index in [0.29, 0.717) is 24.2 Å². The normalized spacial score (nSPS) is 21.4.